The fraction of sp³-hybridized carbons (Fsp3) is 1.00. The molecule has 1 atom stereocenters. The molecule has 0 aromatic rings. The smallest absolute Gasteiger partial charge is 0.0195 e. The van der Waals surface area contributed by atoms with Crippen LogP contribution in [0.5, 0.6) is 0 Å². The fourth-order valence-electron chi connectivity index (χ4n) is 3.70. The van der Waals surface area contributed by atoms with Crippen LogP contribution in [0.15, 0.2) is 0 Å². The minimum atomic E-state index is 0.760. The van der Waals surface area contributed by atoms with Gasteiger partial charge in [0.15, 0.2) is 0 Å². The molecule has 112 valence electrons. The van der Waals surface area contributed by atoms with Crippen LogP contribution < -0.4 is 5.32 Å². The second-order valence-electron chi connectivity index (χ2n) is 7.24. The number of nitrogens with one attached hydrogen (secondary N) is 1. The SMILES string of the molecule is CC(C)CCNC1CCCN(CC2CCCCC2)C1. The summed E-state index contributed by atoms with van der Waals surface area (Å²) in [5.41, 5.74) is 0. The van der Waals surface area contributed by atoms with E-state index in [0.29, 0.717) is 0 Å². The predicted molar refractivity (Wildman–Crippen MR) is 83.5 cm³/mol. The highest BCUT2D eigenvalue weighted by atomic mass is 15.2. The molecule has 1 aliphatic carbocycles. The molecule has 2 nitrogen and oxygen atoms in total. The van der Waals surface area contributed by atoms with E-state index in [1.54, 1.807) is 0 Å². The average Bonchev–Trinajstić information content (AvgIpc) is 2.40. The van der Waals surface area contributed by atoms with Crippen LogP contribution in [0.3, 0.4) is 0 Å². The van der Waals surface area contributed by atoms with Gasteiger partial charge < -0.3 is 10.2 Å². The van der Waals surface area contributed by atoms with Crippen LogP contribution in [-0.2, 0) is 0 Å². The van der Waals surface area contributed by atoms with Gasteiger partial charge in [0.2, 0.25) is 0 Å². The van der Waals surface area contributed by atoms with Crippen LogP contribution in [0.4, 0.5) is 0 Å². The van der Waals surface area contributed by atoms with Gasteiger partial charge in [-0.05, 0) is 57.0 Å². The van der Waals surface area contributed by atoms with E-state index in [-0.39, 0.29) is 0 Å². The quantitative estimate of drug-likeness (QED) is 0.789. The van der Waals surface area contributed by atoms with Crippen molar-refractivity contribution in [2.24, 2.45) is 11.8 Å². The van der Waals surface area contributed by atoms with Crippen molar-refractivity contribution in [3.05, 3.63) is 0 Å². The van der Waals surface area contributed by atoms with Crippen molar-refractivity contribution in [3.63, 3.8) is 0 Å². The molecule has 0 aromatic heterocycles. The molecule has 0 bridgehead atoms. The molecule has 2 aliphatic rings. The molecule has 2 fully saturated rings. The highest BCUT2D eigenvalue weighted by Crippen LogP contribution is 2.25. The van der Waals surface area contributed by atoms with Crippen molar-refractivity contribution in [2.45, 2.75) is 71.3 Å². The molecular weight excluding hydrogens is 232 g/mol. The van der Waals surface area contributed by atoms with Gasteiger partial charge in [-0.15, -0.1) is 0 Å². The zero-order valence-corrected chi connectivity index (χ0v) is 13.2. The molecule has 1 saturated heterocycles. The third-order valence-corrected chi connectivity index (χ3v) is 4.90. The Morgan fingerprint density at radius 3 is 2.58 bits per heavy atom. The molecule has 1 saturated carbocycles. The Bertz CT molecular complexity index is 233. The first kappa shape index (κ1) is 15.3. The molecule has 1 aliphatic heterocycles. The van der Waals surface area contributed by atoms with Gasteiger partial charge in [0, 0.05) is 19.1 Å². The summed E-state index contributed by atoms with van der Waals surface area (Å²) in [6.07, 6.45) is 11.5. The van der Waals surface area contributed by atoms with Crippen LogP contribution >= 0.6 is 0 Å². The maximum Gasteiger partial charge on any atom is 0.0195 e. The maximum atomic E-state index is 3.78. The highest BCUT2D eigenvalue weighted by Gasteiger charge is 2.22. The topological polar surface area (TPSA) is 15.3 Å². The summed E-state index contributed by atoms with van der Waals surface area (Å²) in [7, 11) is 0. The summed E-state index contributed by atoms with van der Waals surface area (Å²) >= 11 is 0. The molecule has 1 heterocycles. The molecule has 0 radical (unpaired) electrons. The predicted octanol–water partition coefficient (Wildman–Crippen LogP) is 3.67. The number of hydrogen-bond donors (Lipinski definition) is 1. The summed E-state index contributed by atoms with van der Waals surface area (Å²) in [5.74, 6) is 1.83. The molecule has 2 rings (SSSR count). The summed E-state index contributed by atoms with van der Waals surface area (Å²) < 4.78 is 0. The second-order valence-corrected chi connectivity index (χ2v) is 7.24. The van der Waals surface area contributed by atoms with Gasteiger partial charge in [-0.1, -0.05) is 33.1 Å². The third kappa shape index (κ3) is 5.83. The molecular formula is C17H34N2. The summed E-state index contributed by atoms with van der Waals surface area (Å²) in [6.45, 7) is 9.87. The lowest BCUT2D eigenvalue weighted by molar-refractivity contribution is 0.149. The number of nitrogens with zero attached hydrogens (tertiary/aromatic N) is 1. The van der Waals surface area contributed by atoms with Crippen LogP contribution in [0, 0.1) is 11.8 Å². The summed E-state index contributed by atoms with van der Waals surface area (Å²) in [6, 6.07) is 0.760. The van der Waals surface area contributed by atoms with E-state index in [9.17, 15) is 0 Å². The molecule has 0 aromatic carbocycles. The molecule has 19 heavy (non-hydrogen) atoms. The molecule has 1 unspecified atom stereocenters. The lowest BCUT2D eigenvalue weighted by atomic mass is 9.88. The number of hydrogen-bond acceptors (Lipinski definition) is 2. The van der Waals surface area contributed by atoms with E-state index in [0.717, 1.165) is 17.9 Å². The van der Waals surface area contributed by atoms with E-state index in [2.05, 4.69) is 24.1 Å². The first-order chi connectivity index (χ1) is 9.24. The average molecular weight is 266 g/mol. The van der Waals surface area contributed by atoms with Crippen LogP contribution in [0.1, 0.15) is 65.2 Å². The zero-order valence-electron chi connectivity index (χ0n) is 13.2. The van der Waals surface area contributed by atoms with Gasteiger partial charge in [0.25, 0.3) is 0 Å². The zero-order chi connectivity index (χ0) is 13.5. The summed E-state index contributed by atoms with van der Waals surface area (Å²) in [4.78, 5) is 2.74. The van der Waals surface area contributed by atoms with E-state index in [4.69, 9.17) is 0 Å². The minimum Gasteiger partial charge on any atom is -0.313 e. The number of piperidine rings is 1. The van der Waals surface area contributed by atoms with E-state index in [1.165, 1.54) is 77.5 Å². The van der Waals surface area contributed by atoms with Gasteiger partial charge in [-0.3, -0.25) is 0 Å². The van der Waals surface area contributed by atoms with E-state index in [1.807, 2.05) is 0 Å². The Morgan fingerprint density at radius 1 is 1.05 bits per heavy atom. The van der Waals surface area contributed by atoms with Crippen LogP contribution in [0.2, 0.25) is 0 Å². The normalized spacial score (nSPS) is 27.0. The Kier molecular flexibility index (Phi) is 6.66. The van der Waals surface area contributed by atoms with Crippen LogP contribution in [0.25, 0.3) is 0 Å². The first-order valence-electron chi connectivity index (χ1n) is 8.70. The lowest BCUT2D eigenvalue weighted by Gasteiger charge is -2.36. The maximum absolute atomic E-state index is 3.78. The lowest BCUT2D eigenvalue weighted by Crippen LogP contribution is -2.47. The van der Waals surface area contributed by atoms with Crippen molar-refractivity contribution >= 4 is 0 Å². The molecule has 0 spiro atoms. The summed E-state index contributed by atoms with van der Waals surface area (Å²) in [5, 5.41) is 3.78. The van der Waals surface area contributed by atoms with Crippen molar-refractivity contribution in [3.8, 4) is 0 Å². The molecule has 1 N–H and O–H groups in total. The van der Waals surface area contributed by atoms with Gasteiger partial charge in [0.05, 0.1) is 0 Å². The number of rotatable bonds is 6. The van der Waals surface area contributed by atoms with Gasteiger partial charge in [-0.25, -0.2) is 0 Å². The number of likely N-dealkylation sites (tertiary alicyclic amines) is 1. The third-order valence-electron chi connectivity index (χ3n) is 4.90. The highest BCUT2D eigenvalue weighted by molar-refractivity contribution is 4.80. The fourth-order valence-corrected chi connectivity index (χ4v) is 3.70. The Morgan fingerprint density at radius 2 is 1.84 bits per heavy atom. The van der Waals surface area contributed by atoms with Crippen molar-refractivity contribution < 1.29 is 0 Å². The monoisotopic (exact) mass is 266 g/mol. The standard InChI is InChI=1S/C17H34N2/c1-15(2)10-11-18-17-9-6-12-19(14-17)13-16-7-4-3-5-8-16/h15-18H,3-14H2,1-2H3. The first-order valence-corrected chi connectivity index (χ1v) is 8.70. The Balaban J connectivity index is 1.64. The van der Waals surface area contributed by atoms with Crippen molar-refractivity contribution in [1.82, 2.24) is 10.2 Å². The Hall–Kier alpha value is -0.0800. The minimum absolute atomic E-state index is 0.760. The largest absolute Gasteiger partial charge is 0.313 e. The van der Waals surface area contributed by atoms with Crippen molar-refractivity contribution in [1.29, 1.82) is 0 Å². The Labute approximate surface area is 120 Å². The van der Waals surface area contributed by atoms with Gasteiger partial charge in [-0.2, -0.15) is 0 Å². The van der Waals surface area contributed by atoms with E-state index < -0.39 is 0 Å². The second kappa shape index (κ2) is 8.26. The molecule has 0 amide bonds. The van der Waals surface area contributed by atoms with Gasteiger partial charge >= 0.3 is 0 Å². The van der Waals surface area contributed by atoms with Gasteiger partial charge in [0.1, 0.15) is 0 Å². The van der Waals surface area contributed by atoms with Crippen molar-refractivity contribution in [2.75, 3.05) is 26.2 Å². The van der Waals surface area contributed by atoms with Crippen LogP contribution in [-0.4, -0.2) is 37.1 Å². The molecule has 2 heteroatoms. The van der Waals surface area contributed by atoms with E-state index >= 15 is 0 Å².